The van der Waals surface area contributed by atoms with Crippen LogP contribution in [0.15, 0.2) is 136 Å². The van der Waals surface area contributed by atoms with Crippen molar-refractivity contribution in [2.24, 2.45) is 7.05 Å². The molecule has 1 saturated heterocycles. The van der Waals surface area contributed by atoms with Gasteiger partial charge in [-0.2, -0.15) is 13.2 Å². The summed E-state index contributed by atoms with van der Waals surface area (Å²) in [4.78, 5) is 4.86. The maximum Gasteiger partial charge on any atom is 0.501 e. The van der Waals surface area contributed by atoms with Gasteiger partial charge in [-0.15, -0.1) is 0 Å². The molecule has 2 heterocycles. The zero-order valence-corrected chi connectivity index (χ0v) is 33.2. The number of piperazine rings is 1. The molecule has 1 fully saturated rings. The topological polar surface area (TPSA) is 69.6 Å². The van der Waals surface area contributed by atoms with E-state index in [2.05, 4.69) is 61.9 Å². The van der Waals surface area contributed by atoms with Gasteiger partial charge in [0.1, 0.15) is 10.7 Å². The van der Waals surface area contributed by atoms with Gasteiger partial charge in [-0.25, -0.2) is 12.8 Å². The summed E-state index contributed by atoms with van der Waals surface area (Å²) < 4.78 is 87.9. The van der Waals surface area contributed by atoms with Gasteiger partial charge in [0.25, 0.3) is 9.84 Å². The first kappa shape index (κ1) is 39.2. The van der Waals surface area contributed by atoms with E-state index >= 15 is 0 Å². The molecule has 6 aromatic rings. The van der Waals surface area contributed by atoms with Crippen molar-refractivity contribution in [3.05, 3.63) is 138 Å². The first-order valence-corrected chi connectivity index (χ1v) is 20.9. The molecule has 0 unspecified atom stereocenters. The van der Waals surface area contributed by atoms with Gasteiger partial charge in [-0.3, -0.25) is 0 Å². The molecule has 0 amide bonds. The lowest BCUT2D eigenvalue weighted by atomic mass is 9.97. The molecule has 0 spiro atoms. The number of alkyl halides is 3. The van der Waals surface area contributed by atoms with Crippen molar-refractivity contribution >= 4 is 56.5 Å². The van der Waals surface area contributed by atoms with E-state index in [0.29, 0.717) is 15.5 Å². The Balaban J connectivity index is 0.997. The highest BCUT2D eigenvalue weighted by Gasteiger charge is 2.48. The van der Waals surface area contributed by atoms with E-state index in [9.17, 15) is 26.0 Å². The van der Waals surface area contributed by atoms with Gasteiger partial charge in [0.15, 0.2) is 0 Å². The van der Waals surface area contributed by atoms with Crippen molar-refractivity contribution in [1.29, 1.82) is 0 Å². The minimum absolute atomic E-state index is 0.157. The third-order valence-electron chi connectivity index (χ3n) is 9.98. The predicted octanol–water partition coefficient (Wildman–Crippen LogP) is 11.0. The van der Waals surface area contributed by atoms with E-state index in [1.165, 1.54) is 23.8 Å². The largest absolute Gasteiger partial charge is 0.501 e. The van der Waals surface area contributed by atoms with Gasteiger partial charge >= 0.3 is 5.51 Å². The average Bonchev–Trinajstić information content (AvgIpc) is 3.43. The van der Waals surface area contributed by atoms with Crippen LogP contribution in [0.4, 0.5) is 40.3 Å². The van der Waals surface area contributed by atoms with Crippen LogP contribution in [0.2, 0.25) is 0 Å². The van der Waals surface area contributed by atoms with Crippen LogP contribution >= 0.6 is 23.9 Å². The Morgan fingerprint density at radius 3 is 1.96 bits per heavy atom. The molecule has 2 N–H and O–H groups in total. The fourth-order valence-electron chi connectivity index (χ4n) is 6.78. The van der Waals surface area contributed by atoms with Crippen molar-refractivity contribution in [1.82, 2.24) is 4.57 Å². The summed E-state index contributed by atoms with van der Waals surface area (Å²) in [6, 6.07) is 35.8. The minimum Gasteiger partial charge on any atom is -0.368 e. The molecule has 0 radical (unpaired) electrons. The van der Waals surface area contributed by atoms with Crippen molar-refractivity contribution in [2.75, 3.05) is 45.4 Å². The van der Waals surface area contributed by atoms with Gasteiger partial charge in [0.05, 0.1) is 11.4 Å². The monoisotopic (exact) mass is 817 g/mol. The van der Waals surface area contributed by atoms with E-state index in [0.717, 1.165) is 95.6 Å². The zero-order valence-electron chi connectivity index (χ0n) is 30.8. The Hall–Kier alpha value is -5.05. The summed E-state index contributed by atoms with van der Waals surface area (Å²) in [5.41, 5.74) is 3.89. The van der Waals surface area contributed by atoms with Crippen LogP contribution in [-0.2, 0) is 16.9 Å². The molecule has 1 aliphatic rings. The van der Waals surface area contributed by atoms with Crippen LogP contribution in [0.1, 0.15) is 11.3 Å². The van der Waals surface area contributed by atoms with E-state index in [1.807, 2.05) is 43.4 Å². The molecular weight excluding hydrogens is 779 g/mol. The molecule has 290 valence electrons. The molecule has 56 heavy (non-hydrogen) atoms. The number of aromatic nitrogens is 1. The van der Waals surface area contributed by atoms with Crippen molar-refractivity contribution in [2.45, 2.75) is 34.0 Å². The smallest absolute Gasteiger partial charge is 0.368 e. The maximum absolute atomic E-state index is 13.8. The Morgan fingerprint density at radius 2 is 1.30 bits per heavy atom. The number of hydrogen-bond acceptors (Lipinski definition) is 8. The van der Waals surface area contributed by atoms with Gasteiger partial charge in [-0.1, -0.05) is 30.3 Å². The SMILES string of the molecule is Cc1c(-c2cccc(N3CCN(c4ccc(NSc5ccc(NSc6ccccc6)c(S(=O)(=O)C(F)(F)F)c5)cc4)CC3)c2)c(-c2ccc(F)cc2)n(C)c1C. The number of nitrogens with one attached hydrogen (secondary N) is 2. The number of rotatable bonds is 11. The molecule has 0 aliphatic carbocycles. The fraction of sp³-hybridized carbons (Fsp3) is 0.190. The Labute approximate surface area is 332 Å². The highest BCUT2D eigenvalue weighted by atomic mass is 32.2. The second kappa shape index (κ2) is 16.2. The Morgan fingerprint density at radius 1 is 0.661 bits per heavy atom. The molecule has 7 rings (SSSR count). The lowest BCUT2D eigenvalue weighted by Gasteiger charge is -2.37. The van der Waals surface area contributed by atoms with Crippen LogP contribution < -0.4 is 19.2 Å². The number of benzene rings is 5. The highest BCUT2D eigenvalue weighted by Crippen LogP contribution is 2.41. The first-order valence-electron chi connectivity index (χ1n) is 17.8. The van der Waals surface area contributed by atoms with Crippen LogP contribution in [0, 0.1) is 19.7 Å². The average molecular weight is 818 g/mol. The fourth-order valence-corrected chi connectivity index (χ4v) is 9.25. The number of sulfone groups is 1. The van der Waals surface area contributed by atoms with E-state index in [-0.39, 0.29) is 11.5 Å². The van der Waals surface area contributed by atoms with Gasteiger partial charge in [0.2, 0.25) is 0 Å². The van der Waals surface area contributed by atoms with E-state index < -0.39 is 20.2 Å². The maximum atomic E-state index is 13.8. The normalized spacial score (nSPS) is 13.6. The molecule has 0 bridgehead atoms. The second-order valence-electron chi connectivity index (χ2n) is 13.4. The van der Waals surface area contributed by atoms with E-state index in [1.54, 1.807) is 36.4 Å². The molecule has 0 saturated carbocycles. The van der Waals surface area contributed by atoms with Gasteiger partial charge in [-0.05, 0) is 145 Å². The highest BCUT2D eigenvalue weighted by molar-refractivity contribution is 8.01. The lowest BCUT2D eigenvalue weighted by Crippen LogP contribution is -2.46. The summed E-state index contributed by atoms with van der Waals surface area (Å²) in [6.07, 6.45) is 0. The third kappa shape index (κ3) is 8.23. The van der Waals surface area contributed by atoms with Crippen LogP contribution in [0.25, 0.3) is 22.4 Å². The van der Waals surface area contributed by atoms with Gasteiger partial charge in [0, 0.05) is 71.3 Å². The molecule has 7 nitrogen and oxygen atoms in total. The first-order chi connectivity index (χ1) is 26.8. The molecule has 5 aromatic carbocycles. The number of hydrogen-bond donors (Lipinski definition) is 2. The molecule has 1 aliphatic heterocycles. The van der Waals surface area contributed by atoms with Crippen LogP contribution in [-0.4, -0.2) is 44.7 Å². The summed E-state index contributed by atoms with van der Waals surface area (Å²) in [6.45, 7) is 7.46. The Bertz CT molecular complexity index is 2430. The van der Waals surface area contributed by atoms with E-state index in [4.69, 9.17) is 0 Å². The summed E-state index contributed by atoms with van der Waals surface area (Å²) in [5.74, 6) is -0.263. The summed E-state index contributed by atoms with van der Waals surface area (Å²) in [7, 11) is -3.58. The van der Waals surface area contributed by atoms with Crippen molar-refractivity contribution in [3.63, 3.8) is 0 Å². The van der Waals surface area contributed by atoms with Gasteiger partial charge < -0.3 is 23.8 Å². The predicted molar refractivity (Wildman–Crippen MR) is 222 cm³/mol. The second-order valence-corrected chi connectivity index (χ2v) is 17.1. The number of nitrogens with zero attached hydrogens (tertiary/aromatic N) is 3. The summed E-state index contributed by atoms with van der Waals surface area (Å²) >= 11 is 2.05. The van der Waals surface area contributed by atoms with Crippen LogP contribution in [0.3, 0.4) is 0 Å². The zero-order chi connectivity index (χ0) is 39.6. The minimum atomic E-state index is -5.63. The third-order valence-corrected chi connectivity index (χ3v) is 13.2. The molecule has 14 heteroatoms. The quantitative estimate of drug-likeness (QED) is 0.0990. The lowest BCUT2D eigenvalue weighted by molar-refractivity contribution is -0.0435. The van der Waals surface area contributed by atoms with Crippen molar-refractivity contribution < 1.29 is 26.0 Å². The standard InChI is InChI=1S/C42H39F4N5O2S3/c1-28-29(2)49(3)41(30-12-14-32(43)15-13-30)40(28)31-8-7-9-35(26-31)51-24-22-50(23-25-51)34-18-16-33(17-19-34)47-55-37-20-21-38(48-54-36-10-5-4-6-11-36)39(27-37)56(52,53)42(44,45)46/h4-21,26-27,47-48H,22-25H2,1-3H3. The summed E-state index contributed by atoms with van der Waals surface area (Å²) in [5, 5.41) is 0. The molecular formula is C42H39F4N5O2S3. The Kier molecular flexibility index (Phi) is 11.3. The molecule has 1 aromatic heterocycles. The van der Waals surface area contributed by atoms with Crippen molar-refractivity contribution in [3.8, 4) is 22.4 Å². The number of anilines is 4. The number of halogens is 4. The molecule has 0 atom stereocenters. The van der Waals surface area contributed by atoms with Crippen LogP contribution in [0.5, 0.6) is 0 Å².